The van der Waals surface area contributed by atoms with Crippen molar-refractivity contribution in [2.24, 2.45) is 5.92 Å². The lowest BCUT2D eigenvalue weighted by Crippen LogP contribution is -2.46. The highest BCUT2D eigenvalue weighted by Crippen LogP contribution is 2.45. The number of methoxy groups -OCH3 is 1. The van der Waals surface area contributed by atoms with Gasteiger partial charge in [-0.05, 0) is 32.1 Å². The smallest absolute Gasteiger partial charge is 0.327 e. The van der Waals surface area contributed by atoms with Crippen LogP contribution in [0.1, 0.15) is 32.6 Å². The lowest BCUT2D eigenvalue weighted by atomic mass is 10.1. The Balaban J connectivity index is 1.99. The summed E-state index contributed by atoms with van der Waals surface area (Å²) in [4.78, 5) is 25.2. The average molecular weight is 287 g/mol. The summed E-state index contributed by atoms with van der Waals surface area (Å²) >= 11 is 1.62. The molecule has 108 valence electrons. The number of hydrogen-bond donors (Lipinski definition) is 1. The maximum atomic E-state index is 12.3. The molecule has 0 spiro atoms. The van der Waals surface area contributed by atoms with E-state index >= 15 is 0 Å². The predicted molar refractivity (Wildman–Crippen MR) is 72.9 cm³/mol. The first kappa shape index (κ1) is 14.7. The number of carbonyl (C=O) groups excluding carboxylic acids is 1. The van der Waals surface area contributed by atoms with Crippen LogP contribution in [0, 0.1) is 5.92 Å². The van der Waals surface area contributed by atoms with Gasteiger partial charge in [0.1, 0.15) is 6.04 Å². The van der Waals surface area contributed by atoms with E-state index in [1.165, 1.54) is 0 Å². The molecule has 1 amide bonds. The quantitative estimate of drug-likeness (QED) is 0.803. The number of carbonyl (C=O) groups is 2. The summed E-state index contributed by atoms with van der Waals surface area (Å²) in [5.41, 5.74) is 0. The fraction of sp³-hybridized carbons (Fsp3) is 0.846. The fourth-order valence-corrected chi connectivity index (χ4v) is 4.00. The van der Waals surface area contributed by atoms with E-state index in [0.717, 1.165) is 12.8 Å². The molecule has 1 saturated carbocycles. The fourth-order valence-electron chi connectivity index (χ4n) is 2.35. The normalized spacial score (nSPS) is 28.4. The van der Waals surface area contributed by atoms with E-state index in [1.54, 1.807) is 23.8 Å². The first-order valence-electron chi connectivity index (χ1n) is 6.73. The molecule has 19 heavy (non-hydrogen) atoms. The largest absolute Gasteiger partial charge is 0.480 e. The van der Waals surface area contributed by atoms with Crippen LogP contribution in [0.15, 0.2) is 0 Å². The number of rotatable bonds is 6. The van der Waals surface area contributed by atoms with Gasteiger partial charge in [0.05, 0.1) is 11.5 Å². The van der Waals surface area contributed by atoms with E-state index in [1.807, 2.05) is 6.92 Å². The third-order valence-electron chi connectivity index (χ3n) is 3.80. The van der Waals surface area contributed by atoms with Gasteiger partial charge in [-0.2, -0.15) is 0 Å². The Morgan fingerprint density at radius 3 is 2.68 bits per heavy atom. The van der Waals surface area contributed by atoms with Gasteiger partial charge in [0.15, 0.2) is 0 Å². The molecule has 1 heterocycles. The molecule has 0 radical (unpaired) electrons. The first-order chi connectivity index (χ1) is 9.04. The standard InChI is InChI=1S/C13H21NO4S/c1-8(18-2)3-6-11(15)14-10(13(16)17)7-19-12(14)9-4-5-9/h8-10,12H,3-7H2,1-2H3,(H,16,17). The Morgan fingerprint density at radius 1 is 1.47 bits per heavy atom. The number of aliphatic carboxylic acids is 1. The summed E-state index contributed by atoms with van der Waals surface area (Å²) in [6.07, 6.45) is 3.26. The monoisotopic (exact) mass is 287 g/mol. The highest BCUT2D eigenvalue weighted by atomic mass is 32.2. The van der Waals surface area contributed by atoms with Crippen LogP contribution >= 0.6 is 11.8 Å². The molecule has 3 atom stereocenters. The maximum Gasteiger partial charge on any atom is 0.327 e. The second-order valence-electron chi connectivity index (χ2n) is 5.30. The summed E-state index contributed by atoms with van der Waals surface area (Å²) in [5, 5.41) is 9.32. The van der Waals surface area contributed by atoms with Crippen molar-refractivity contribution in [1.29, 1.82) is 0 Å². The molecule has 2 aliphatic rings. The minimum atomic E-state index is -0.885. The van der Waals surface area contributed by atoms with Gasteiger partial charge in [-0.3, -0.25) is 4.79 Å². The van der Waals surface area contributed by atoms with Gasteiger partial charge in [0.2, 0.25) is 5.91 Å². The van der Waals surface area contributed by atoms with E-state index in [-0.39, 0.29) is 17.4 Å². The van der Waals surface area contributed by atoms with Crippen molar-refractivity contribution in [3.05, 3.63) is 0 Å². The first-order valence-corrected chi connectivity index (χ1v) is 7.77. The van der Waals surface area contributed by atoms with Crippen LogP contribution in [0.25, 0.3) is 0 Å². The van der Waals surface area contributed by atoms with E-state index < -0.39 is 12.0 Å². The Labute approximate surface area is 117 Å². The molecule has 0 bridgehead atoms. The van der Waals surface area contributed by atoms with Crippen LogP contribution in [0.2, 0.25) is 0 Å². The number of hydrogen-bond acceptors (Lipinski definition) is 4. The minimum Gasteiger partial charge on any atom is -0.480 e. The molecule has 2 fully saturated rings. The van der Waals surface area contributed by atoms with Crippen molar-refractivity contribution in [3.8, 4) is 0 Å². The molecule has 1 saturated heterocycles. The van der Waals surface area contributed by atoms with Crippen molar-refractivity contribution in [1.82, 2.24) is 4.90 Å². The van der Waals surface area contributed by atoms with E-state index in [2.05, 4.69) is 0 Å². The molecule has 0 aromatic heterocycles. The van der Waals surface area contributed by atoms with E-state index in [9.17, 15) is 14.7 Å². The van der Waals surface area contributed by atoms with Crippen molar-refractivity contribution in [2.45, 2.75) is 50.1 Å². The summed E-state index contributed by atoms with van der Waals surface area (Å²) < 4.78 is 5.13. The molecule has 1 aliphatic heterocycles. The summed E-state index contributed by atoms with van der Waals surface area (Å²) in [6, 6.07) is -0.652. The molecule has 5 nitrogen and oxygen atoms in total. The average Bonchev–Trinajstić information content (AvgIpc) is 3.13. The predicted octanol–water partition coefficient (Wildman–Crippen LogP) is 1.57. The topological polar surface area (TPSA) is 66.8 Å². The molecule has 1 aliphatic carbocycles. The number of amides is 1. The van der Waals surface area contributed by atoms with Gasteiger partial charge in [-0.15, -0.1) is 11.8 Å². The molecule has 3 unspecified atom stereocenters. The van der Waals surface area contributed by atoms with Crippen LogP contribution in [0.5, 0.6) is 0 Å². The Bertz CT molecular complexity index is 359. The summed E-state index contributed by atoms with van der Waals surface area (Å²) in [7, 11) is 1.62. The van der Waals surface area contributed by atoms with Crippen LogP contribution in [0.3, 0.4) is 0 Å². The highest BCUT2D eigenvalue weighted by molar-refractivity contribution is 8.00. The van der Waals surface area contributed by atoms with E-state index in [4.69, 9.17) is 4.74 Å². The van der Waals surface area contributed by atoms with Gasteiger partial charge in [0, 0.05) is 19.3 Å². The Morgan fingerprint density at radius 2 is 2.16 bits per heavy atom. The van der Waals surface area contributed by atoms with Crippen molar-refractivity contribution in [2.75, 3.05) is 12.9 Å². The SMILES string of the molecule is COC(C)CCC(=O)N1C(C(=O)O)CSC1C1CC1. The van der Waals surface area contributed by atoms with Gasteiger partial charge in [0.25, 0.3) is 0 Å². The highest BCUT2D eigenvalue weighted by Gasteiger charge is 2.47. The van der Waals surface area contributed by atoms with Crippen LogP contribution in [-0.2, 0) is 14.3 Å². The van der Waals surface area contributed by atoms with Gasteiger partial charge in [-0.1, -0.05) is 0 Å². The Kier molecular flexibility index (Phi) is 4.73. The molecule has 0 aromatic rings. The zero-order chi connectivity index (χ0) is 14.0. The minimum absolute atomic E-state index is 0.0295. The van der Waals surface area contributed by atoms with Crippen LogP contribution < -0.4 is 0 Å². The lowest BCUT2D eigenvalue weighted by Gasteiger charge is -2.27. The van der Waals surface area contributed by atoms with Crippen LogP contribution in [-0.4, -0.2) is 52.3 Å². The second kappa shape index (κ2) is 6.13. The second-order valence-corrected chi connectivity index (χ2v) is 6.45. The van der Waals surface area contributed by atoms with Crippen molar-refractivity contribution >= 4 is 23.6 Å². The maximum absolute atomic E-state index is 12.3. The number of ether oxygens (including phenoxy) is 1. The third kappa shape index (κ3) is 3.42. The zero-order valence-electron chi connectivity index (χ0n) is 11.4. The zero-order valence-corrected chi connectivity index (χ0v) is 12.2. The van der Waals surface area contributed by atoms with Crippen molar-refractivity contribution < 1.29 is 19.4 Å². The third-order valence-corrected chi connectivity index (χ3v) is 5.26. The lowest BCUT2D eigenvalue weighted by molar-refractivity contribution is -0.149. The molecule has 6 heteroatoms. The number of carboxylic acids is 1. The van der Waals surface area contributed by atoms with Gasteiger partial charge >= 0.3 is 5.97 Å². The van der Waals surface area contributed by atoms with Gasteiger partial charge in [-0.25, -0.2) is 4.79 Å². The summed E-state index contributed by atoms with van der Waals surface area (Å²) in [5.74, 6) is 0.0855. The Hall–Kier alpha value is -0.750. The van der Waals surface area contributed by atoms with E-state index in [0.29, 0.717) is 24.5 Å². The van der Waals surface area contributed by atoms with Crippen molar-refractivity contribution in [3.63, 3.8) is 0 Å². The number of thioether (sulfide) groups is 1. The molecule has 2 rings (SSSR count). The number of nitrogens with zero attached hydrogens (tertiary/aromatic N) is 1. The molecule has 1 N–H and O–H groups in total. The number of carboxylic acid groups (broad SMARTS) is 1. The summed E-state index contributed by atoms with van der Waals surface area (Å²) in [6.45, 7) is 1.92. The molecular weight excluding hydrogens is 266 g/mol. The molecular formula is C13H21NO4S. The van der Waals surface area contributed by atoms with Crippen LogP contribution in [0.4, 0.5) is 0 Å². The molecule has 0 aromatic carbocycles. The van der Waals surface area contributed by atoms with Gasteiger partial charge < -0.3 is 14.7 Å².